The van der Waals surface area contributed by atoms with Gasteiger partial charge in [0.05, 0.1) is 12.2 Å². The first-order chi connectivity index (χ1) is 9.10. The highest BCUT2D eigenvalue weighted by Gasteiger charge is 2.09. The molecule has 0 spiro atoms. The highest BCUT2D eigenvalue weighted by atomic mass is 19.1. The Labute approximate surface area is 111 Å². The maximum Gasteiger partial charge on any atom is 0.203 e. The lowest BCUT2D eigenvalue weighted by molar-refractivity contribution is 0.577. The Bertz CT molecular complexity index is 564. The molecule has 0 bridgehead atoms. The topological polar surface area (TPSA) is 29.9 Å². The van der Waals surface area contributed by atoms with Gasteiger partial charge < -0.3 is 9.88 Å². The molecule has 0 radical (unpaired) electrons. The third-order valence-electron chi connectivity index (χ3n) is 2.78. The lowest BCUT2D eigenvalue weighted by atomic mass is 10.2. The summed E-state index contributed by atoms with van der Waals surface area (Å²) in [4.78, 5) is 4.33. The smallest absolute Gasteiger partial charge is 0.203 e. The van der Waals surface area contributed by atoms with Gasteiger partial charge in [-0.05, 0) is 31.5 Å². The number of imidazole rings is 1. The number of anilines is 1. The van der Waals surface area contributed by atoms with E-state index in [-0.39, 0.29) is 6.54 Å². The molecule has 2 rings (SSSR count). The van der Waals surface area contributed by atoms with Crippen molar-refractivity contribution in [1.82, 2.24) is 9.55 Å². The van der Waals surface area contributed by atoms with Gasteiger partial charge in [-0.15, -0.1) is 0 Å². The molecule has 0 amide bonds. The van der Waals surface area contributed by atoms with Gasteiger partial charge in [0.15, 0.2) is 0 Å². The number of hydrogen-bond donors (Lipinski definition) is 1. The molecular formula is C14H17F2N3. The van der Waals surface area contributed by atoms with E-state index < -0.39 is 11.6 Å². The van der Waals surface area contributed by atoms with Gasteiger partial charge in [-0.2, -0.15) is 0 Å². The molecule has 1 aromatic heterocycles. The van der Waals surface area contributed by atoms with Gasteiger partial charge in [0.1, 0.15) is 11.6 Å². The van der Waals surface area contributed by atoms with Crippen LogP contribution >= 0.6 is 0 Å². The Balaban J connectivity index is 2.24. The first-order valence-corrected chi connectivity index (χ1v) is 6.31. The van der Waals surface area contributed by atoms with Crippen LogP contribution in [0.1, 0.15) is 24.6 Å². The van der Waals surface area contributed by atoms with E-state index in [1.807, 2.05) is 13.1 Å². The van der Waals surface area contributed by atoms with Crippen LogP contribution in [0.2, 0.25) is 0 Å². The molecule has 0 aliphatic carbocycles. The standard InChI is InChI=1S/C14H17F2N3/c1-3-6-17-14-18-10(2)8-19(14)9-11-7-12(15)4-5-13(11)16/h4-5,7-8H,3,6,9H2,1-2H3,(H,17,18). The number of halogens is 2. The Morgan fingerprint density at radius 1 is 1.32 bits per heavy atom. The van der Waals surface area contributed by atoms with Crippen molar-refractivity contribution in [2.24, 2.45) is 0 Å². The van der Waals surface area contributed by atoms with Gasteiger partial charge in [-0.25, -0.2) is 13.8 Å². The predicted molar refractivity (Wildman–Crippen MR) is 71.2 cm³/mol. The van der Waals surface area contributed by atoms with Crippen molar-refractivity contribution in [2.75, 3.05) is 11.9 Å². The number of rotatable bonds is 5. The fourth-order valence-corrected chi connectivity index (χ4v) is 1.89. The molecule has 1 heterocycles. The Morgan fingerprint density at radius 2 is 2.11 bits per heavy atom. The minimum atomic E-state index is -0.434. The van der Waals surface area contributed by atoms with Gasteiger partial charge in [0, 0.05) is 18.3 Å². The number of benzene rings is 1. The molecule has 0 aliphatic heterocycles. The fraction of sp³-hybridized carbons (Fsp3) is 0.357. The monoisotopic (exact) mass is 265 g/mol. The van der Waals surface area contributed by atoms with Crippen LogP contribution < -0.4 is 5.32 Å². The molecule has 3 nitrogen and oxygen atoms in total. The van der Waals surface area contributed by atoms with Crippen LogP contribution in [0.15, 0.2) is 24.4 Å². The summed E-state index contributed by atoms with van der Waals surface area (Å²) >= 11 is 0. The molecule has 0 fully saturated rings. The zero-order valence-electron chi connectivity index (χ0n) is 11.1. The third-order valence-corrected chi connectivity index (χ3v) is 2.78. The van der Waals surface area contributed by atoms with Crippen molar-refractivity contribution in [3.05, 3.63) is 47.3 Å². The van der Waals surface area contributed by atoms with Crippen molar-refractivity contribution >= 4 is 5.95 Å². The van der Waals surface area contributed by atoms with Crippen LogP contribution in [0.5, 0.6) is 0 Å². The molecule has 2 aromatic rings. The Kier molecular flexibility index (Phi) is 4.14. The molecule has 0 saturated heterocycles. The molecule has 0 saturated carbocycles. The third kappa shape index (κ3) is 3.30. The van der Waals surface area contributed by atoms with Crippen molar-refractivity contribution in [2.45, 2.75) is 26.8 Å². The van der Waals surface area contributed by atoms with E-state index in [2.05, 4.69) is 17.2 Å². The molecular weight excluding hydrogens is 248 g/mol. The zero-order valence-corrected chi connectivity index (χ0v) is 11.1. The minimum absolute atomic E-state index is 0.260. The second kappa shape index (κ2) is 5.82. The van der Waals surface area contributed by atoms with Crippen molar-refractivity contribution in [3.63, 3.8) is 0 Å². The van der Waals surface area contributed by atoms with Gasteiger partial charge >= 0.3 is 0 Å². The normalized spacial score (nSPS) is 10.7. The summed E-state index contributed by atoms with van der Waals surface area (Å²) in [6, 6.07) is 3.48. The number of hydrogen-bond acceptors (Lipinski definition) is 2. The molecule has 5 heteroatoms. The van der Waals surface area contributed by atoms with E-state index >= 15 is 0 Å². The summed E-state index contributed by atoms with van der Waals surface area (Å²) in [5.41, 5.74) is 1.16. The number of aromatic nitrogens is 2. The number of nitrogens with one attached hydrogen (secondary N) is 1. The highest BCUT2D eigenvalue weighted by molar-refractivity contribution is 5.31. The second-order valence-corrected chi connectivity index (χ2v) is 4.50. The summed E-state index contributed by atoms with van der Waals surface area (Å²) in [5.74, 6) is -0.159. The van der Waals surface area contributed by atoms with Crippen LogP contribution in [0.3, 0.4) is 0 Å². The highest BCUT2D eigenvalue weighted by Crippen LogP contribution is 2.15. The summed E-state index contributed by atoms with van der Waals surface area (Å²) < 4.78 is 28.6. The van der Waals surface area contributed by atoms with Crippen LogP contribution in [0.4, 0.5) is 14.7 Å². The molecule has 0 aliphatic rings. The maximum atomic E-state index is 13.6. The number of nitrogens with zero attached hydrogens (tertiary/aromatic N) is 2. The van der Waals surface area contributed by atoms with E-state index in [1.54, 1.807) is 4.57 Å². The Hall–Kier alpha value is -1.91. The van der Waals surface area contributed by atoms with E-state index in [0.29, 0.717) is 11.5 Å². The van der Waals surface area contributed by atoms with Crippen molar-refractivity contribution in [3.8, 4) is 0 Å². The van der Waals surface area contributed by atoms with Gasteiger partial charge in [-0.1, -0.05) is 6.92 Å². The minimum Gasteiger partial charge on any atom is -0.356 e. The summed E-state index contributed by atoms with van der Waals surface area (Å²) in [6.45, 7) is 4.98. The maximum absolute atomic E-state index is 13.6. The van der Waals surface area contributed by atoms with E-state index in [4.69, 9.17) is 0 Å². The molecule has 0 atom stereocenters. The first kappa shape index (κ1) is 13.5. The summed E-state index contributed by atoms with van der Waals surface area (Å²) in [6.07, 6.45) is 2.79. The summed E-state index contributed by atoms with van der Waals surface area (Å²) in [5, 5.41) is 3.17. The number of aryl methyl sites for hydroxylation is 1. The van der Waals surface area contributed by atoms with Gasteiger partial charge in [0.25, 0.3) is 0 Å². The predicted octanol–water partition coefficient (Wildman–Crippen LogP) is 3.34. The van der Waals surface area contributed by atoms with E-state index in [1.165, 1.54) is 6.07 Å². The van der Waals surface area contributed by atoms with E-state index in [0.717, 1.165) is 30.8 Å². The molecule has 0 unspecified atom stereocenters. The zero-order chi connectivity index (χ0) is 13.8. The van der Waals surface area contributed by atoms with Crippen LogP contribution in [0.25, 0.3) is 0 Å². The fourth-order valence-electron chi connectivity index (χ4n) is 1.89. The van der Waals surface area contributed by atoms with E-state index in [9.17, 15) is 8.78 Å². The molecule has 1 N–H and O–H groups in total. The van der Waals surface area contributed by atoms with Crippen molar-refractivity contribution in [1.29, 1.82) is 0 Å². The Morgan fingerprint density at radius 3 is 2.84 bits per heavy atom. The van der Waals surface area contributed by atoms with Gasteiger partial charge in [-0.3, -0.25) is 0 Å². The largest absolute Gasteiger partial charge is 0.356 e. The quantitative estimate of drug-likeness (QED) is 0.898. The second-order valence-electron chi connectivity index (χ2n) is 4.50. The lowest BCUT2D eigenvalue weighted by Gasteiger charge is -2.10. The van der Waals surface area contributed by atoms with Crippen LogP contribution in [0, 0.1) is 18.6 Å². The molecule has 1 aromatic carbocycles. The lowest BCUT2D eigenvalue weighted by Crippen LogP contribution is -2.09. The van der Waals surface area contributed by atoms with Crippen LogP contribution in [-0.4, -0.2) is 16.1 Å². The van der Waals surface area contributed by atoms with Crippen molar-refractivity contribution < 1.29 is 8.78 Å². The average molecular weight is 265 g/mol. The first-order valence-electron chi connectivity index (χ1n) is 6.31. The van der Waals surface area contributed by atoms with Crippen LogP contribution in [-0.2, 0) is 6.54 Å². The van der Waals surface area contributed by atoms with Gasteiger partial charge in [0.2, 0.25) is 5.95 Å². The SMILES string of the molecule is CCCNc1nc(C)cn1Cc1cc(F)ccc1F. The molecule has 102 valence electrons. The summed E-state index contributed by atoms with van der Waals surface area (Å²) in [7, 11) is 0. The average Bonchev–Trinajstić information content (AvgIpc) is 2.71. The molecule has 19 heavy (non-hydrogen) atoms.